The predicted molar refractivity (Wildman–Crippen MR) is 139 cm³/mol. The van der Waals surface area contributed by atoms with Gasteiger partial charge in [0.05, 0.1) is 30.8 Å². The first-order valence-corrected chi connectivity index (χ1v) is 11.4. The van der Waals surface area contributed by atoms with Crippen molar-refractivity contribution in [3.05, 3.63) is 71.8 Å². The van der Waals surface area contributed by atoms with Gasteiger partial charge >= 0.3 is 0 Å². The van der Waals surface area contributed by atoms with Gasteiger partial charge in [-0.2, -0.15) is 0 Å². The maximum absolute atomic E-state index is 12.4. The van der Waals surface area contributed by atoms with Crippen LogP contribution in [0.15, 0.2) is 54.9 Å². The van der Waals surface area contributed by atoms with Crippen LogP contribution in [-0.2, 0) is 11.2 Å². The number of hydrogen-bond acceptors (Lipinski definition) is 7. The molecule has 0 aliphatic rings. The summed E-state index contributed by atoms with van der Waals surface area (Å²) in [6.07, 6.45) is 3.68. The van der Waals surface area contributed by atoms with E-state index in [-0.39, 0.29) is 18.4 Å². The molecule has 0 bridgehead atoms. The molecule has 2 aromatic carbocycles. The lowest BCUT2D eigenvalue weighted by Crippen LogP contribution is -2.23. The van der Waals surface area contributed by atoms with Gasteiger partial charge < -0.3 is 20.7 Å². The number of nitrogens with two attached hydrogens (primary N) is 1. The van der Waals surface area contributed by atoms with Crippen molar-refractivity contribution < 1.29 is 9.53 Å². The Bertz CT molecular complexity index is 1390. The summed E-state index contributed by atoms with van der Waals surface area (Å²) < 4.78 is 5.50. The van der Waals surface area contributed by atoms with Crippen LogP contribution in [0.5, 0.6) is 5.75 Å². The third-order valence-electron chi connectivity index (χ3n) is 5.90. The summed E-state index contributed by atoms with van der Waals surface area (Å²) in [7, 11) is 5.11. The highest BCUT2D eigenvalue weighted by Crippen LogP contribution is 2.32. The second-order valence-corrected chi connectivity index (χ2v) is 8.76. The first-order chi connectivity index (χ1) is 16.7. The maximum Gasteiger partial charge on any atom is 0.226 e. The molecule has 180 valence electrons. The highest BCUT2D eigenvalue weighted by atomic mass is 16.5. The number of anilines is 2. The van der Waals surface area contributed by atoms with Gasteiger partial charge in [-0.05, 0) is 60.9 Å². The summed E-state index contributed by atoms with van der Waals surface area (Å²) >= 11 is 0. The number of pyridine rings is 1. The van der Waals surface area contributed by atoms with Gasteiger partial charge in [-0.3, -0.25) is 9.78 Å². The van der Waals surface area contributed by atoms with Gasteiger partial charge in [0, 0.05) is 37.4 Å². The van der Waals surface area contributed by atoms with E-state index >= 15 is 0 Å². The molecule has 8 nitrogen and oxygen atoms in total. The average molecular weight is 471 g/mol. The van der Waals surface area contributed by atoms with Crippen LogP contribution >= 0.6 is 0 Å². The third-order valence-corrected chi connectivity index (χ3v) is 5.90. The smallest absolute Gasteiger partial charge is 0.226 e. The number of nitrogen functional groups attached to an aromatic ring is 1. The van der Waals surface area contributed by atoms with Gasteiger partial charge in [-0.25, -0.2) is 9.97 Å². The fourth-order valence-corrected chi connectivity index (χ4v) is 3.95. The minimum absolute atomic E-state index is 0.0133. The Kier molecular flexibility index (Phi) is 6.82. The number of benzene rings is 2. The standard InChI is InChI=1S/C27H30N6O2/c1-16(21-11-22(28)15-29-14-21)30-27-23-12-19(6-8-24(23)31-17(2)32-27)18-7-9-25(35-5)20(10-18)13-26(34)33(3)4/h6-12,14-16H,13,28H2,1-5H3,(H,30,31,32)/t16-/m1/s1. The van der Waals surface area contributed by atoms with Crippen molar-refractivity contribution in [2.24, 2.45) is 0 Å². The summed E-state index contributed by atoms with van der Waals surface area (Å²) in [6, 6.07) is 13.8. The molecule has 3 N–H and O–H groups in total. The predicted octanol–water partition coefficient (Wildman–Crippen LogP) is 4.39. The van der Waals surface area contributed by atoms with Crippen molar-refractivity contribution in [2.45, 2.75) is 26.3 Å². The van der Waals surface area contributed by atoms with E-state index in [1.165, 1.54) is 0 Å². The number of nitrogens with one attached hydrogen (secondary N) is 1. The van der Waals surface area contributed by atoms with Gasteiger partial charge in [-0.15, -0.1) is 0 Å². The molecule has 0 aliphatic carbocycles. The van der Waals surface area contributed by atoms with Crippen LogP contribution in [0, 0.1) is 6.92 Å². The van der Waals surface area contributed by atoms with E-state index in [1.807, 2.05) is 50.2 Å². The van der Waals surface area contributed by atoms with Crippen molar-refractivity contribution in [1.82, 2.24) is 19.9 Å². The lowest BCUT2D eigenvalue weighted by molar-refractivity contribution is -0.127. The van der Waals surface area contributed by atoms with Crippen LogP contribution in [0.3, 0.4) is 0 Å². The number of aryl methyl sites for hydroxylation is 1. The quantitative estimate of drug-likeness (QED) is 0.412. The van der Waals surface area contributed by atoms with Crippen LogP contribution in [0.2, 0.25) is 0 Å². The molecule has 0 saturated heterocycles. The third kappa shape index (κ3) is 5.32. The number of likely N-dealkylation sites (N-methyl/N-ethyl adjacent to an activating group) is 1. The summed E-state index contributed by atoms with van der Waals surface area (Å²) in [5.41, 5.74) is 11.2. The molecule has 35 heavy (non-hydrogen) atoms. The molecular formula is C27H30N6O2. The molecule has 0 saturated carbocycles. The Balaban J connectivity index is 1.74. The fraction of sp³-hybridized carbons (Fsp3) is 0.259. The molecule has 0 radical (unpaired) electrons. The second kappa shape index (κ2) is 9.97. The van der Waals surface area contributed by atoms with Gasteiger partial charge in [0.15, 0.2) is 0 Å². The van der Waals surface area contributed by atoms with E-state index in [1.54, 1.807) is 38.5 Å². The number of hydrogen-bond donors (Lipinski definition) is 2. The zero-order valence-corrected chi connectivity index (χ0v) is 20.7. The average Bonchev–Trinajstić information content (AvgIpc) is 2.83. The van der Waals surface area contributed by atoms with Crippen molar-refractivity contribution >= 4 is 28.3 Å². The summed E-state index contributed by atoms with van der Waals surface area (Å²) in [5.74, 6) is 2.12. The molecule has 0 unspecified atom stereocenters. The maximum atomic E-state index is 12.4. The van der Waals surface area contributed by atoms with E-state index < -0.39 is 0 Å². The van der Waals surface area contributed by atoms with Gasteiger partial charge in [0.25, 0.3) is 0 Å². The summed E-state index contributed by atoms with van der Waals surface area (Å²) in [4.78, 5) is 27.4. The number of ether oxygens (including phenoxy) is 1. The van der Waals surface area contributed by atoms with Crippen molar-refractivity contribution in [3.63, 3.8) is 0 Å². The van der Waals surface area contributed by atoms with Crippen molar-refractivity contribution in [2.75, 3.05) is 32.3 Å². The van der Waals surface area contributed by atoms with Crippen molar-refractivity contribution in [1.29, 1.82) is 0 Å². The van der Waals surface area contributed by atoms with Crippen LogP contribution in [0.1, 0.15) is 29.9 Å². The van der Waals surface area contributed by atoms with Gasteiger partial charge in [-0.1, -0.05) is 12.1 Å². The van der Waals surface area contributed by atoms with E-state index in [0.29, 0.717) is 17.3 Å². The zero-order valence-electron chi connectivity index (χ0n) is 20.7. The van der Waals surface area contributed by atoms with E-state index in [9.17, 15) is 4.79 Å². The number of carbonyl (C=O) groups is 1. The number of methoxy groups -OCH3 is 1. The molecule has 8 heteroatoms. The first kappa shape index (κ1) is 23.9. The Labute approximate surface area is 205 Å². The second-order valence-electron chi connectivity index (χ2n) is 8.76. The number of rotatable bonds is 7. The Morgan fingerprint density at radius 2 is 1.83 bits per heavy atom. The van der Waals surface area contributed by atoms with E-state index in [2.05, 4.69) is 26.3 Å². The van der Waals surface area contributed by atoms with Gasteiger partial charge in [0.2, 0.25) is 5.91 Å². The highest BCUT2D eigenvalue weighted by molar-refractivity contribution is 5.93. The van der Waals surface area contributed by atoms with Crippen LogP contribution in [-0.4, -0.2) is 47.0 Å². The highest BCUT2D eigenvalue weighted by Gasteiger charge is 2.15. The molecule has 2 heterocycles. The Hall–Kier alpha value is -4.20. The first-order valence-electron chi connectivity index (χ1n) is 11.4. The molecule has 0 spiro atoms. The molecule has 1 amide bonds. The number of carbonyl (C=O) groups excluding carboxylic acids is 1. The van der Waals surface area contributed by atoms with Crippen LogP contribution in [0.4, 0.5) is 11.5 Å². The number of aromatic nitrogens is 3. The molecule has 1 atom stereocenters. The number of amides is 1. The largest absolute Gasteiger partial charge is 0.496 e. The molecular weight excluding hydrogens is 440 g/mol. The van der Waals surface area contributed by atoms with Gasteiger partial charge in [0.1, 0.15) is 17.4 Å². The summed E-state index contributed by atoms with van der Waals surface area (Å²) in [6.45, 7) is 3.92. The molecule has 4 aromatic rings. The number of nitrogens with zero attached hydrogens (tertiary/aromatic N) is 4. The van der Waals surface area contributed by atoms with E-state index in [4.69, 9.17) is 10.5 Å². The minimum Gasteiger partial charge on any atom is -0.496 e. The SMILES string of the molecule is COc1ccc(-c2ccc3nc(C)nc(N[C@H](C)c4cncc(N)c4)c3c2)cc1CC(=O)N(C)C. The normalized spacial score (nSPS) is 11.8. The molecule has 2 aromatic heterocycles. The number of fused-ring (bicyclic) bond motifs is 1. The molecule has 4 rings (SSSR count). The Morgan fingerprint density at radius 1 is 1.09 bits per heavy atom. The molecule has 0 fully saturated rings. The lowest BCUT2D eigenvalue weighted by atomic mass is 9.99. The fourth-order valence-electron chi connectivity index (χ4n) is 3.95. The monoisotopic (exact) mass is 470 g/mol. The zero-order chi connectivity index (χ0) is 25.1. The summed E-state index contributed by atoms with van der Waals surface area (Å²) in [5, 5.41) is 4.40. The minimum atomic E-state index is -0.0585. The molecule has 0 aliphatic heterocycles. The Morgan fingerprint density at radius 3 is 2.54 bits per heavy atom. The van der Waals surface area contributed by atoms with Crippen LogP contribution < -0.4 is 15.8 Å². The van der Waals surface area contributed by atoms with Crippen molar-refractivity contribution in [3.8, 4) is 16.9 Å². The topological polar surface area (TPSA) is 106 Å². The lowest BCUT2D eigenvalue weighted by Gasteiger charge is -2.17. The van der Waals surface area contributed by atoms with E-state index in [0.717, 1.165) is 39.0 Å². The van der Waals surface area contributed by atoms with Crippen LogP contribution in [0.25, 0.3) is 22.0 Å².